The zero-order chi connectivity index (χ0) is 17.2. The maximum Gasteiger partial charge on any atom is 0.255 e. The summed E-state index contributed by atoms with van der Waals surface area (Å²) in [6.07, 6.45) is 3.46. The first-order chi connectivity index (χ1) is 12.2. The molecule has 0 bridgehead atoms. The molecule has 0 saturated heterocycles. The molecule has 1 aliphatic carbocycles. The molecular weight excluding hydrogens is 314 g/mol. The molecule has 0 unspecified atom stereocenters. The Bertz CT molecular complexity index is 913. The number of amides is 1. The van der Waals surface area contributed by atoms with Gasteiger partial charge in [-0.3, -0.25) is 4.79 Å². The van der Waals surface area contributed by atoms with Gasteiger partial charge in [-0.1, -0.05) is 41.4 Å². The average Bonchev–Trinajstić information content (AvgIpc) is 3.03. The van der Waals surface area contributed by atoms with Crippen molar-refractivity contribution in [2.45, 2.75) is 32.1 Å². The second-order valence-electron chi connectivity index (χ2n) is 6.49. The van der Waals surface area contributed by atoms with E-state index in [0.29, 0.717) is 23.0 Å². The molecule has 2 aromatic carbocycles. The van der Waals surface area contributed by atoms with Gasteiger partial charge in [0.25, 0.3) is 5.91 Å². The van der Waals surface area contributed by atoms with Crippen LogP contribution < -0.4 is 5.32 Å². The van der Waals surface area contributed by atoms with Gasteiger partial charge in [-0.15, -0.1) is 0 Å². The van der Waals surface area contributed by atoms with Crippen LogP contribution in [0.3, 0.4) is 0 Å². The van der Waals surface area contributed by atoms with Crippen LogP contribution in [0.4, 0.5) is 5.69 Å². The van der Waals surface area contributed by atoms with Crippen molar-refractivity contribution in [2.24, 2.45) is 0 Å². The number of hydrogen-bond donors (Lipinski definition) is 1. The van der Waals surface area contributed by atoms with E-state index >= 15 is 0 Å². The fraction of sp³-hybridized carbons (Fsp3) is 0.250. The molecule has 1 amide bonds. The minimum Gasteiger partial charge on any atom is -0.339 e. The van der Waals surface area contributed by atoms with Crippen molar-refractivity contribution in [3.63, 3.8) is 0 Å². The van der Waals surface area contributed by atoms with Gasteiger partial charge in [-0.25, -0.2) is 0 Å². The Labute approximate surface area is 146 Å². The smallest absolute Gasteiger partial charge is 0.255 e. The van der Waals surface area contributed by atoms with Crippen LogP contribution >= 0.6 is 0 Å². The summed E-state index contributed by atoms with van der Waals surface area (Å²) in [7, 11) is 0. The summed E-state index contributed by atoms with van der Waals surface area (Å²) in [6, 6.07) is 15.0. The normalized spacial score (nSPS) is 14.1. The van der Waals surface area contributed by atoms with Gasteiger partial charge in [0.2, 0.25) is 11.7 Å². The van der Waals surface area contributed by atoms with E-state index in [1.54, 1.807) is 6.07 Å². The minimum atomic E-state index is -0.135. The Morgan fingerprint density at radius 2 is 2.00 bits per heavy atom. The zero-order valence-electron chi connectivity index (χ0n) is 14.0. The number of benzene rings is 2. The molecule has 1 N–H and O–H groups in total. The van der Waals surface area contributed by atoms with Gasteiger partial charge in [0.1, 0.15) is 0 Å². The molecule has 1 heterocycles. The van der Waals surface area contributed by atoms with E-state index in [-0.39, 0.29) is 5.91 Å². The van der Waals surface area contributed by atoms with Crippen LogP contribution in [0.5, 0.6) is 0 Å². The lowest BCUT2D eigenvalue weighted by atomic mass is 9.85. The molecule has 1 fully saturated rings. The van der Waals surface area contributed by atoms with Crippen molar-refractivity contribution in [3.05, 3.63) is 65.5 Å². The Morgan fingerprint density at radius 3 is 2.76 bits per heavy atom. The largest absolute Gasteiger partial charge is 0.339 e. The number of aryl methyl sites for hydroxylation is 1. The zero-order valence-corrected chi connectivity index (χ0v) is 14.0. The van der Waals surface area contributed by atoms with E-state index in [0.717, 1.165) is 29.9 Å². The van der Waals surface area contributed by atoms with E-state index in [9.17, 15) is 4.79 Å². The van der Waals surface area contributed by atoms with E-state index in [1.807, 2.05) is 49.4 Å². The van der Waals surface area contributed by atoms with Gasteiger partial charge >= 0.3 is 0 Å². The summed E-state index contributed by atoms with van der Waals surface area (Å²) in [5, 5.41) is 7.00. The van der Waals surface area contributed by atoms with Crippen LogP contribution in [-0.2, 0) is 0 Å². The standard InChI is InChI=1S/C20H19N3O2/c1-13-5-2-9-16(11-13)19(24)21-17-10-4-8-15(12-17)18-22-20(25-23-18)14-6-3-7-14/h2,4-5,8-12,14H,3,6-7H2,1H3,(H,21,24). The Kier molecular flexibility index (Phi) is 4.06. The highest BCUT2D eigenvalue weighted by atomic mass is 16.5. The number of rotatable bonds is 4. The second-order valence-corrected chi connectivity index (χ2v) is 6.49. The molecule has 25 heavy (non-hydrogen) atoms. The summed E-state index contributed by atoms with van der Waals surface area (Å²) in [5.41, 5.74) is 3.23. The molecule has 1 aromatic heterocycles. The molecular formula is C20H19N3O2. The van der Waals surface area contributed by atoms with Crippen LogP contribution in [0, 0.1) is 6.92 Å². The van der Waals surface area contributed by atoms with E-state index in [4.69, 9.17) is 4.52 Å². The van der Waals surface area contributed by atoms with Crippen molar-refractivity contribution in [3.8, 4) is 11.4 Å². The minimum absolute atomic E-state index is 0.135. The van der Waals surface area contributed by atoms with Crippen LogP contribution in [0.1, 0.15) is 47.0 Å². The lowest BCUT2D eigenvalue weighted by molar-refractivity contribution is 0.102. The average molecular weight is 333 g/mol. The van der Waals surface area contributed by atoms with Crippen molar-refractivity contribution in [1.82, 2.24) is 10.1 Å². The summed E-state index contributed by atoms with van der Waals surface area (Å²) in [6.45, 7) is 1.97. The Morgan fingerprint density at radius 1 is 1.16 bits per heavy atom. The van der Waals surface area contributed by atoms with Gasteiger partial charge < -0.3 is 9.84 Å². The van der Waals surface area contributed by atoms with E-state index in [2.05, 4.69) is 15.5 Å². The summed E-state index contributed by atoms with van der Waals surface area (Å²) in [4.78, 5) is 16.9. The van der Waals surface area contributed by atoms with Crippen molar-refractivity contribution < 1.29 is 9.32 Å². The topological polar surface area (TPSA) is 68.0 Å². The van der Waals surface area contributed by atoms with Gasteiger partial charge in [-0.05, 0) is 44.0 Å². The first-order valence-electron chi connectivity index (χ1n) is 8.51. The molecule has 5 nitrogen and oxygen atoms in total. The van der Waals surface area contributed by atoms with Gasteiger partial charge in [0.15, 0.2) is 0 Å². The Balaban J connectivity index is 1.53. The number of carbonyl (C=O) groups excluding carboxylic acids is 1. The molecule has 4 rings (SSSR count). The highest BCUT2D eigenvalue weighted by Crippen LogP contribution is 2.36. The van der Waals surface area contributed by atoms with Crippen LogP contribution in [0.15, 0.2) is 53.1 Å². The quantitative estimate of drug-likeness (QED) is 0.759. The number of anilines is 1. The van der Waals surface area contributed by atoms with Crippen LogP contribution in [0.25, 0.3) is 11.4 Å². The number of hydrogen-bond acceptors (Lipinski definition) is 4. The molecule has 1 aliphatic rings. The summed E-state index contributed by atoms with van der Waals surface area (Å²) >= 11 is 0. The first kappa shape index (κ1) is 15.6. The number of nitrogens with one attached hydrogen (secondary N) is 1. The Hall–Kier alpha value is -2.95. The van der Waals surface area contributed by atoms with E-state index in [1.165, 1.54) is 6.42 Å². The molecule has 3 aromatic rings. The number of nitrogens with zero attached hydrogens (tertiary/aromatic N) is 2. The fourth-order valence-electron chi connectivity index (χ4n) is 2.90. The van der Waals surface area contributed by atoms with Gasteiger partial charge in [0, 0.05) is 22.7 Å². The second kappa shape index (κ2) is 6.51. The monoisotopic (exact) mass is 333 g/mol. The summed E-state index contributed by atoms with van der Waals surface area (Å²) < 4.78 is 5.38. The number of aromatic nitrogens is 2. The van der Waals surface area contributed by atoms with Gasteiger partial charge in [-0.2, -0.15) is 4.98 Å². The third-order valence-corrected chi connectivity index (χ3v) is 4.56. The van der Waals surface area contributed by atoms with Crippen molar-refractivity contribution in [1.29, 1.82) is 0 Å². The van der Waals surface area contributed by atoms with Crippen LogP contribution in [-0.4, -0.2) is 16.0 Å². The lowest BCUT2D eigenvalue weighted by Crippen LogP contribution is -2.12. The third kappa shape index (κ3) is 3.31. The first-order valence-corrected chi connectivity index (χ1v) is 8.51. The molecule has 5 heteroatoms. The van der Waals surface area contributed by atoms with E-state index < -0.39 is 0 Å². The van der Waals surface area contributed by atoms with Crippen LogP contribution in [0.2, 0.25) is 0 Å². The third-order valence-electron chi connectivity index (χ3n) is 4.56. The fourth-order valence-corrected chi connectivity index (χ4v) is 2.90. The summed E-state index contributed by atoms with van der Waals surface area (Å²) in [5.74, 6) is 1.55. The SMILES string of the molecule is Cc1cccc(C(=O)Nc2cccc(-c3noc(C4CCC4)n3)c2)c1. The predicted molar refractivity (Wildman–Crippen MR) is 95.5 cm³/mol. The molecule has 0 aliphatic heterocycles. The van der Waals surface area contributed by atoms with Crippen molar-refractivity contribution in [2.75, 3.05) is 5.32 Å². The maximum atomic E-state index is 12.4. The highest BCUT2D eigenvalue weighted by Gasteiger charge is 2.25. The van der Waals surface area contributed by atoms with Gasteiger partial charge in [0.05, 0.1) is 0 Å². The molecule has 1 saturated carbocycles. The molecule has 0 atom stereocenters. The number of carbonyl (C=O) groups is 1. The molecule has 0 radical (unpaired) electrons. The van der Waals surface area contributed by atoms with Crippen molar-refractivity contribution >= 4 is 11.6 Å². The predicted octanol–water partition coefficient (Wildman–Crippen LogP) is 4.56. The lowest BCUT2D eigenvalue weighted by Gasteiger charge is -2.20. The maximum absolute atomic E-state index is 12.4. The molecule has 0 spiro atoms. The highest BCUT2D eigenvalue weighted by molar-refractivity contribution is 6.04. The molecule has 126 valence electrons.